The number of tetrazole rings is 1. The molecule has 7 nitrogen and oxygen atoms in total. The highest BCUT2D eigenvalue weighted by atomic mass is 16.6. The van der Waals surface area contributed by atoms with Gasteiger partial charge in [0.2, 0.25) is 0 Å². The van der Waals surface area contributed by atoms with Gasteiger partial charge in [-0.2, -0.15) is 5.21 Å². The van der Waals surface area contributed by atoms with E-state index in [0.29, 0.717) is 5.92 Å². The normalized spacial score (nSPS) is 16.5. The maximum absolute atomic E-state index is 11.7. The fraction of sp³-hybridized carbons (Fsp3) is 0.818. The molecule has 1 aromatic rings. The lowest BCUT2D eigenvalue weighted by atomic mass is 9.95. The summed E-state index contributed by atoms with van der Waals surface area (Å²) in [6.07, 6.45) is 1.54. The van der Waals surface area contributed by atoms with E-state index in [4.69, 9.17) is 4.74 Å². The summed E-state index contributed by atoms with van der Waals surface area (Å²) >= 11 is 0. The zero-order valence-electron chi connectivity index (χ0n) is 11.0. The molecule has 7 heteroatoms. The Morgan fingerprint density at radius 3 is 2.78 bits per heavy atom. The Hall–Kier alpha value is -1.66. The summed E-state index contributed by atoms with van der Waals surface area (Å²) < 4.78 is 5.29. The average molecular weight is 253 g/mol. The zero-order chi connectivity index (χ0) is 13.2. The van der Waals surface area contributed by atoms with Crippen molar-refractivity contribution in [2.24, 2.45) is 5.92 Å². The number of nitrogens with one attached hydrogen (secondary N) is 1. The number of ether oxygens (including phenoxy) is 1. The lowest BCUT2D eigenvalue weighted by Crippen LogP contribution is -2.51. The molecule has 1 fully saturated rings. The molecule has 1 amide bonds. The van der Waals surface area contributed by atoms with Crippen LogP contribution in [0.4, 0.5) is 4.79 Å². The van der Waals surface area contributed by atoms with E-state index in [0.717, 1.165) is 31.8 Å². The van der Waals surface area contributed by atoms with E-state index in [2.05, 4.69) is 20.6 Å². The summed E-state index contributed by atoms with van der Waals surface area (Å²) in [4.78, 5) is 13.4. The molecule has 0 spiro atoms. The molecule has 2 rings (SSSR count). The largest absolute Gasteiger partial charge is 0.444 e. The molecule has 1 N–H and O–H groups in total. The summed E-state index contributed by atoms with van der Waals surface area (Å²) in [6, 6.07) is 0. The number of carbonyl (C=O) groups is 1. The van der Waals surface area contributed by atoms with Crippen molar-refractivity contribution in [2.45, 2.75) is 39.2 Å². The topological polar surface area (TPSA) is 84.0 Å². The molecule has 0 bridgehead atoms. The number of aromatic amines is 1. The molecule has 0 radical (unpaired) electrons. The first-order valence-corrected chi connectivity index (χ1v) is 6.14. The predicted octanol–water partition coefficient (Wildman–Crippen LogP) is 0.999. The number of rotatable bonds is 3. The van der Waals surface area contributed by atoms with Crippen molar-refractivity contribution in [1.29, 1.82) is 0 Å². The first-order chi connectivity index (χ1) is 8.44. The smallest absolute Gasteiger partial charge is 0.410 e. The molecule has 1 aromatic heterocycles. The number of hydrogen-bond acceptors (Lipinski definition) is 5. The van der Waals surface area contributed by atoms with Gasteiger partial charge in [0.1, 0.15) is 5.60 Å². The van der Waals surface area contributed by atoms with Gasteiger partial charge < -0.3 is 9.64 Å². The first kappa shape index (κ1) is 12.8. The van der Waals surface area contributed by atoms with Gasteiger partial charge in [0.25, 0.3) is 0 Å². The number of nitrogens with zero attached hydrogens (tertiary/aromatic N) is 4. The van der Waals surface area contributed by atoms with Gasteiger partial charge in [-0.3, -0.25) is 0 Å². The highest BCUT2D eigenvalue weighted by molar-refractivity contribution is 5.69. The first-order valence-electron chi connectivity index (χ1n) is 6.14. The van der Waals surface area contributed by atoms with Crippen LogP contribution in [-0.2, 0) is 11.2 Å². The lowest BCUT2D eigenvalue weighted by molar-refractivity contribution is -0.00208. The minimum Gasteiger partial charge on any atom is -0.444 e. The highest BCUT2D eigenvalue weighted by Crippen LogP contribution is 2.22. The minimum absolute atomic E-state index is 0.224. The third-order valence-electron chi connectivity index (χ3n) is 2.77. The van der Waals surface area contributed by atoms with Crippen LogP contribution in [0.5, 0.6) is 0 Å². The van der Waals surface area contributed by atoms with Crippen LogP contribution in [0, 0.1) is 5.92 Å². The fourth-order valence-corrected chi connectivity index (χ4v) is 1.85. The van der Waals surface area contributed by atoms with E-state index in [1.54, 1.807) is 4.90 Å². The van der Waals surface area contributed by atoms with Crippen molar-refractivity contribution < 1.29 is 9.53 Å². The Morgan fingerprint density at radius 1 is 1.50 bits per heavy atom. The van der Waals surface area contributed by atoms with Gasteiger partial charge in [0.05, 0.1) is 0 Å². The van der Waals surface area contributed by atoms with Crippen LogP contribution in [0.3, 0.4) is 0 Å². The van der Waals surface area contributed by atoms with E-state index >= 15 is 0 Å². The molecule has 18 heavy (non-hydrogen) atoms. The minimum atomic E-state index is -0.424. The Morgan fingerprint density at radius 2 is 2.22 bits per heavy atom. The molecule has 1 aliphatic heterocycles. The zero-order valence-corrected chi connectivity index (χ0v) is 11.0. The van der Waals surface area contributed by atoms with Crippen molar-refractivity contribution in [3.63, 3.8) is 0 Å². The summed E-state index contributed by atoms with van der Waals surface area (Å²) in [5.41, 5.74) is -0.424. The van der Waals surface area contributed by atoms with Gasteiger partial charge in [0.15, 0.2) is 5.82 Å². The number of hydrogen-bond donors (Lipinski definition) is 1. The molecule has 0 saturated carbocycles. The monoisotopic (exact) mass is 253 g/mol. The molecule has 100 valence electrons. The Balaban J connectivity index is 1.66. The van der Waals surface area contributed by atoms with Crippen LogP contribution >= 0.6 is 0 Å². The van der Waals surface area contributed by atoms with E-state index in [1.165, 1.54) is 0 Å². The van der Waals surface area contributed by atoms with Crippen LogP contribution in [0.1, 0.15) is 33.0 Å². The summed E-state index contributed by atoms with van der Waals surface area (Å²) in [5, 5.41) is 13.7. The number of aryl methyl sites for hydroxylation is 1. The van der Waals surface area contributed by atoms with Crippen molar-refractivity contribution in [1.82, 2.24) is 25.5 Å². The molecule has 2 heterocycles. The molecule has 0 aliphatic carbocycles. The van der Waals surface area contributed by atoms with Crippen LogP contribution in [0.25, 0.3) is 0 Å². The second-order valence-electron chi connectivity index (χ2n) is 5.62. The van der Waals surface area contributed by atoms with E-state index < -0.39 is 5.60 Å². The third-order valence-corrected chi connectivity index (χ3v) is 2.77. The molecule has 0 atom stereocenters. The molecule has 0 unspecified atom stereocenters. The second kappa shape index (κ2) is 4.91. The molecular weight excluding hydrogens is 234 g/mol. The molecule has 0 aromatic carbocycles. The van der Waals surface area contributed by atoms with E-state index in [9.17, 15) is 4.79 Å². The SMILES string of the molecule is CC(C)(C)OC(=O)N1CC(CCc2nn[nH]n2)C1. The van der Waals surface area contributed by atoms with Crippen LogP contribution in [-0.4, -0.2) is 50.3 Å². The Kier molecular flexibility index (Phi) is 3.49. The van der Waals surface area contributed by atoms with Crippen LogP contribution < -0.4 is 0 Å². The number of aromatic nitrogens is 4. The van der Waals surface area contributed by atoms with Crippen molar-refractivity contribution in [2.75, 3.05) is 13.1 Å². The standard InChI is InChI=1S/C11H19N5O2/c1-11(2,3)18-10(17)16-6-8(7-16)4-5-9-12-14-15-13-9/h8H,4-7H2,1-3H3,(H,12,13,14,15). The maximum Gasteiger partial charge on any atom is 0.410 e. The quantitative estimate of drug-likeness (QED) is 0.868. The molecule has 1 aliphatic rings. The fourth-order valence-electron chi connectivity index (χ4n) is 1.85. The van der Waals surface area contributed by atoms with Crippen molar-refractivity contribution >= 4 is 6.09 Å². The summed E-state index contributed by atoms with van der Waals surface area (Å²) in [6.45, 7) is 7.13. The molecular formula is C11H19N5O2. The lowest BCUT2D eigenvalue weighted by Gasteiger charge is -2.39. The Bertz CT molecular complexity index is 392. The van der Waals surface area contributed by atoms with Gasteiger partial charge in [-0.1, -0.05) is 5.21 Å². The van der Waals surface area contributed by atoms with Crippen LogP contribution in [0.15, 0.2) is 0 Å². The van der Waals surface area contributed by atoms with Gasteiger partial charge in [-0.25, -0.2) is 4.79 Å². The number of H-pyrrole nitrogens is 1. The number of carbonyl (C=O) groups excluding carboxylic acids is 1. The van der Waals surface area contributed by atoms with Gasteiger partial charge in [0, 0.05) is 19.5 Å². The number of likely N-dealkylation sites (tertiary alicyclic amines) is 1. The summed E-state index contributed by atoms with van der Waals surface area (Å²) in [5.74, 6) is 1.24. The summed E-state index contributed by atoms with van der Waals surface area (Å²) in [7, 11) is 0. The Labute approximate surface area is 106 Å². The molecule has 1 saturated heterocycles. The van der Waals surface area contributed by atoms with Crippen molar-refractivity contribution in [3.8, 4) is 0 Å². The van der Waals surface area contributed by atoms with Crippen LogP contribution in [0.2, 0.25) is 0 Å². The maximum atomic E-state index is 11.7. The van der Waals surface area contributed by atoms with E-state index in [-0.39, 0.29) is 6.09 Å². The highest BCUT2D eigenvalue weighted by Gasteiger charge is 2.33. The number of amides is 1. The average Bonchev–Trinajstić information content (AvgIpc) is 2.64. The van der Waals surface area contributed by atoms with E-state index in [1.807, 2.05) is 20.8 Å². The van der Waals surface area contributed by atoms with Crippen molar-refractivity contribution in [3.05, 3.63) is 5.82 Å². The van der Waals surface area contributed by atoms with Gasteiger partial charge in [-0.15, -0.1) is 10.2 Å². The predicted molar refractivity (Wildman–Crippen MR) is 63.8 cm³/mol. The van der Waals surface area contributed by atoms with Gasteiger partial charge in [-0.05, 0) is 33.1 Å². The third kappa shape index (κ3) is 3.41. The second-order valence-corrected chi connectivity index (χ2v) is 5.62. The van der Waals surface area contributed by atoms with Gasteiger partial charge >= 0.3 is 6.09 Å².